The van der Waals surface area contributed by atoms with Gasteiger partial charge in [-0.2, -0.15) is 0 Å². The Bertz CT molecular complexity index is 748. The van der Waals surface area contributed by atoms with E-state index in [0.29, 0.717) is 12.1 Å². The summed E-state index contributed by atoms with van der Waals surface area (Å²) in [5.41, 5.74) is 4.57. The van der Waals surface area contributed by atoms with E-state index in [9.17, 15) is 0 Å². The first-order valence-corrected chi connectivity index (χ1v) is 9.89. The SMILES string of the molecule is COc1ccc2c(c1)CC(C)N1Cc3cc(CC(C)C)sc3CC21. The molecule has 0 saturated carbocycles. The minimum atomic E-state index is 0.535. The van der Waals surface area contributed by atoms with Gasteiger partial charge in [0.05, 0.1) is 7.11 Å². The van der Waals surface area contributed by atoms with Crippen molar-refractivity contribution in [1.29, 1.82) is 0 Å². The second kappa shape index (κ2) is 6.20. The predicted molar refractivity (Wildman–Crippen MR) is 101 cm³/mol. The van der Waals surface area contributed by atoms with Crippen LogP contribution in [0.2, 0.25) is 0 Å². The van der Waals surface area contributed by atoms with Crippen molar-refractivity contribution in [2.75, 3.05) is 7.11 Å². The van der Waals surface area contributed by atoms with Crippen molar-refractivity contribution in [3.05, 3.63) is 50.7 Å². The molecule has 0 spiro atoms. The van der Waals surface area contributed by atoms with Gasteiger partial charge >= 0.3 is 0 Å². The van der Waals surface area contributed by atoms with Crippen molar-refractivity contribution in [3.8, 4) is 5.75 Å². The number of fused-ring (bicyclic) bond motifs is 4. The molecule has 3 heteroatoms. The summed E-state index contributed by atoms with van der Waals surface area (Å²) in [6, 6.07) is 10.3. The molecule has 0 radical (unpaired) electrons. The highest BCUT2D eigenvalue weighted by molar-refractivity contribution is 7.12. The van der Waals surface area contributed by atoms with Gasteiger partial charge in [0.25, 0.3) is 0 Å². The van der Waals surface area contributed by atoms with Crippen LogP contribution < -0.4 is 4.74 Å². The average molecular weight is 342 g/mol. The molecule has 0 aliphatic carbocycles. The quantitative estimate of drug-likeness (QED) is 0.779. The van der Waals surface area contributed by atoms with E-state index in [1.54, 1.807) is 22.4 Å². The fourth-order valence-electron chi connectivity index (χ4n) is 4.34. The van der Waals surface area contributed by atoms with E-state index in [1.165, 1.54) is 24.0 Å². The highest BCUT2D eigenvalue weighted by atomic mass is 32.1. The Kier molecular flexibility index (Phi) is 4.17. The van der Waals surface area contributed by atoms with E-state index in [0.717, 1.165) is 24.6 Å². The summed E-state index contributed by atoms with van der Waals surface area (Å²) in [6.07, 6.45) is 3.51. The van der Waals surface area contributed by atoms with Crippen LogP contribution in [0.25, 0.3) is 0 Å². The molecule has 1 aromatic carbocycles. The summed E-state index contributed by atoms with van der Waals surface area (Å²) in [6.45, 7) is 8.12. The predicted octanol–water partition coefficient (Wildman–Crippen LogP) is 5.00. The van der Waals surface area contributed by atoms with E-state index in [2.05, 4.69) is 61.3 Å². The van der Waals surface area contributed by atoms with Crippen LogP contribution in [0.1, 0.15) is 53.3 Å². The Balaban J connectivity index is 1.68. The number of methoxy groups -OCH3 is 1. The third-order valence-electron chi connectivity index (χ3n) is 5.48. The Morgan fingerprint density at radius 1 is 1.21 bits per heavy atom. The van der Waals surface area contributed by atoms with Crippen molar-refractivity contribution < 1.29 is 4.74 Å². The monoisotopic (exact) mass is 341 g/mol. The first kappa shape index (κ1) is 16.2. The fourth-order valence-corrected chi connectivity index (χ4v) is 5.77. The molecule has 2 nitrogen and oxygen atoms in total. The molecule has 128 valence electrons. The summed E-state index contributed by atoms with van der Waals surface area (Å²) < 4.78 is 5.44. The van der Waals surface area contributed by atoms with Gasteiger partial charge in [0.2, 0.25) is 0 Å². The van der Waals surface area contributed by atoms with E-state index >= 15 is 0 Å². The molecule has 24 heavy (non-hydrogen) atoms. The van der Waals surface area contributed by atoms with Crippen molar-refractivity contribution in [2.45, 2.75) is 58.7 Å². The molecule has 0 fully saturated rings. The van der Waals surface area contributed by atoms with Gasteiger partial charge in [-0.1, -0.05) is 19.9 Å². The van der Waals surface area contributed by atoms with Gasteiger partial charge in [0.1, 0.15) is 5.75 Å². The van der Waals surface area contributed by atoms with Crippen LogP contribution in [0.5, 0.6) is 5.75 Å². The van der Waals surface area contributed by atoms with Gasteiger partial charge in [-0.15, -0.1) is 11.3 Å². The summed E-state index contributed by atoms with van der Waals surface area (Å²) in [4.78, 5) is 5.89. The zero-order valence-electron chi connectivity index (χ0n) is 15.1. The van der Waals surface area contributed by atoms with Crippen molar-refractivity contribution in [1.82, 2.24) is 4.90 Å². The summed E-state index contributed by atoms with van der Waals surface area (Å²) in [5.74, 6) is 1.72. The van der Waals surface area contributed by atoms with Crippen LogP contribution in [0, 0.1) is 5.92 Å². The molecule has 0 bridgehead atoms. The van der Waals surface area contributed by atoms with Gasteiger partial charge in [-0.3, -0.25) is 4.90 Å². The Labute approximate surface area is 149 Å². The number of ether oxygens (including phenoxy) is 1. The maximum Gasteiger partial charge on any atom is 0.119 e. The lowest BCUT2D eigenvalue weighted by Crippen LogP contribution is -2.44. The molecule has 3 heterocycles. The summed E-state index contributed by atoms with van der Waals surface area (Å²) in [5, 5.41) is 0. The van der Waals surface area contributed by atoms with E-state index in [1.807, 2.05) is 0 Å². The lowest BCUT2D eigenvalue weighted by molar-refractivity contribution is 0.107. The molecule has 2 aliphatic heterocycles. The number of nitrogens with zero attached hydrogens (tertiary/aromatic N) is 1. The highest BCUT2D eigenvalue weighted by Crippen LogP contribution is 2.43. The number of hydrogen-bond acceptors (Lipinski definition) is 3. The third-order valence-corrected chi connectivity index (χ3v) is 6.70. The lowest BCUT2D eigenvalue weighted by Gasteiger charge is -2.44. The van der Waals surface area contributed by atoms with E-state index in [-0.39, 0.29) is 0 Å². The number of hydrogen-bond donors (Lipinski definition) is 0. The molecule has 0 amide bonds. The molecule has 2 atom stereocenters. The summed E-state index contributed by atoms with van der Waals surface area (Å²) >= 11 is 2.05. The topological polar surface area (TPSA) is 12.5 Å². The van der Waals surface area contributed by atoms with Crippen LogP contribution in [0.15, 0.2) is 24.3 Å². The van der Waals surface area contributed by atoms with Crippen LogP contribution in [0.3, 0.4) is 0 Å². The number of rotatable bonds is 3. The third kappa shape index (κ3) is 2.78. The second-order valence-electron chi connectivity index (χ2n) is 7.77. The second-order valence-corrected chi connectivity index (χ2v) is 8.99. The normalized spacial score (nSPS) is 22.9. The molecule has 0 saturated heterocycles. The smallest absolute Gasteiger partial charge is 0.119 e. The lowest BCUT2D eigenvalue weighted by atomic mass is 9.84. The highest BCUT2D eigenvalue weighted by Gasteiger charge is 2.36. The van der Waals surface area contributed by atoms with Crippen LogP contribution in [-0.2, 0) is 25.8 Å². The minimum absolute atomic E-state index is 0.535. The molecular weight excluding hydrogens is 314 g/mol. The summed E-state index contributed by atoms with van der Waals surface area (Å²) in [7, 11) is 1.76. The Morgan fingerprint density at radius 2 is 2.04 bits per heavy atom. The maximum absolute atomic E-state index is 5.44. The Hall–Kier alpha value is -1.32. The van der Waals surface area contributed by atoms with E-state index < -0.39 is 0 Å². The Morgan fingerprint density at radius 3 is 2.79 bits per heavy atom. The minimum Gasteiger partial charge on any atom is -0.497 e. The van der Waals surface area contributed by atoms with Gasteiger partial charge in [0, 0.05) is 34.8 Å². The molecule has 4 rings (SSSR count). The average Bonchev–Trinajstić information content (AvgIpc) is 2.93. The van der Waals surface area contributed by atoms with Crippen LogP contribution >= 0.6 is 11.3 Å². The molecule has 0 N–H and O–H groups in total. The largest absolute Gasteiger partial charge is 0.497 e. The number of benzene rings is 1. The molecular formula is C21H27NOS. The van der Waals surface area contributed by atoms with Crippen molar-refractivity contribution >= 4 is 11.3 Å². The first-order valence-electron chi connectivity index (χ1n) is 9.08. The van der Waals surface area contributed by atoms with Gasteiger partial charge in [-0.05, 0) is 60.6 Å². The first-order chi connectivity index (χ1) is 11.5. The van der Waals surface area contributed by atoms with E-state index in [4.69, 9.17) is 4.74 Å². The van der Waals surface area contributed by atoms with Gasteiger partial charge < -0.3 is 4.74 Å². The number of thiophene rings is 1. The molecule has 2 unspecified atom stereocenters. The van der Waals surface area contributed by atoms with Crippen LogP contribution in [-0.4, -0.2) is 18.1 Å². The molecule has 2 aromatic rings. The fraction of sp³-hybridized carbons (Fsp3) is 0.524. The molecule has 2 aliphatic rings. The van der Waals surface area contributed by atoms with Gasteiger partial charge in [-0.25, -0.2) is 0 Å². The maximum atomic E-state index is 5.44. The van der Waals surface area contributed by atoms with Crippen molar-refractivity contribution in [3.63, 3.8) is 0 Å². The molecule has 1 aromatic heterocycles. The van der Waals surface area contributed by atoms with Crippen molar-refractivity contribution in [2.24, 2.45) is 5.92 Å². The standard InChI is InChI=1S/C21H27NOS/c1-13(2)7-18-10-16-12-22-14(3)8-15-9-17(23-4)5-6-19(15)20(22)11-21(16)24-18/h5-6,9-10,13-14,20H,7-8,11-12H2,1-4H3. The zero-order chi connectivity index (χ0) is 16.8. The van der Waals surface area contributed by atoms with Gasteiger partial charge in [0.15, 0.2) is 0 Å². The zero-order valence-corrected chi connectivity index (χ0v) is 16.0. The van der Waals surface area contributed by atoms with Crippen LogP contribution in [0.4, 0.5) is 0 Å².